The van der Waals surface area contributed by atoms with E-state index in [0.29, 0.717) is 6.42 Å². The zero-order chi connectivity index (χ0) is 19.4. The average Bonchev–Trinajstić information content (AvgIpc) is 3.12. The van der Waals surface area contributed by atoms with Gasteiger partial charge in [-0.25, -0.2) is 4.98 Å². The first kappa shape index (κ1) is 18.3. The Hall–Kier alpha value is -3.46. The summed E-state index contributed by atoms with van der Waals surface area (Å²) in [6, 6.07) is 10.9. The standard InChI is InChI=1S/C18H15N3O5S/c1-26-13-5-2-11(3-6-13)8-17-19-15(10-27-17)18(23)20-14-9-12(21(24)25)4-7-16(14)22/h2-7,9-10,22H,8H2,1H3,(H,20,23). The average molecular weight is 385 g/mol. The first-order valence-electron chi connectivity index (χ1n) is 7.82. The SMILES string of the molecule is COc1ccc(Cc2nc(C(=O)Nc3cc([N+](=O)[O-])ccc3O)cs2)cc1. The normalized spacial score (nSPS) is 10.4. The largest absolute Gasteiger partial charge is 0.506 e. The molecule has 2 aromatic carbocycles. The summed E-state index contributed by atoms with van der Waals surface area (Å²) in [4.78, 5) is 26.8. The van der Waals surface area contributed by atoms with Gasteiger partial charge < -0.3 is 15.2 Å². The molecular weight excluding hydrogens is 370 g/mol. The number of nitro benzene ring substituents is 1. The highest BCUT2D eigenvalue weighted by Crippen LogP contribution is 2.28. The van der Waals surface area contributed by atoms with Crippen LogP contribution in [0.4, 0.5) is 11.4 Å². The summed E-state index contributed by atoms with van der Waals surface area (Å²) in [5, 5.41) is 25.4. The van der Waals surface area contributed by atoms with Crippen LogP contribution in [0.1, 0.15) is 21.1 Å². The lowest BCUT2D eigenvalue weighted by atomic mass is 10.1. The number of methoxy groups -OCH3 is 1. The van der Waals surface area contributed by atoms with Crippen molar-refractivity contribution in [3.63, 3.8) is 0 Å². The van der Waals surface area contributed by atoms with Crippen molar-refractivity contribution in [1.29, 1.82) is 0 Å². The van der Waals surface area contributed by atoms with Crippen molar-refractivity contribution in [2.45, 2.75) is 6.42 Å². The lowest BCUT2D eigenvalue weighted by Gasteiger charge is -2.05. The monoisotopic (exact) mass is 385 g/mol. The highest BCUT2D eigenvalue weighted by molar-refractivity contribution is 7.09. The molecule has 0 unspecified atom stereocenters. The molecule has 1 aromatic heterocycles. The van der Waals surface area contributed by atoms with Gasteiger partial charge in [0.05, 0.1) is 22.7 Å². The summed E-state index contributed by atoms with van der Waals surface area (Å²) >= 11 is 1.33. The number of thiazole rings is 1. The predicted molar refractivity (Wildman–Crippen MR) is 101 cm³/mol. The molecule has 2 N–H and O–H groups in total. The summed E-state index contributed by atoms with van der Waals surface area (Å²) in [7, 11) is 1.60. The minimum absolute atomic E-state index is 0.0427. The number of anilines is 1. The Morgan fingerprint density at radius 3 is 2.70 bits per heavy atom. The molecule has 8 nitrogen and oxygen atoms in total. The van der Waals surface area contributed by atoms with Gasteiger partial charge in [-0.2, -0.15) is 0 Å². The maximum absolute atomic E-state index is 12.3. The number of non-ortho nitro benzene ring substituents is 1. The van der Waals surface area contributed by atoms with Crippen molar-refractivity contribution in [2.24, 2.45) is 0 Å². The number of phenolic OH excluding ortho intramolecular Hbond substituents is 1. The Labute approximate surface area is 158 Å². The van der Waals surface area contributed by atoms with Crippen LogP contribution >= 0.6 is 11.3 Å². The molecule has 0 bridgehead atoms. The van der Waals surface area contributed by atoms with Crippen LogP contribution in [0.25, 0.3) is 0 Å². The quantitative estimate of drug-likeness (QED) is 0.381. The van der Waals surface area contributed by atoms with Crippen molar-refractivity contribution in [2.75, 3.05) is 12.4 Å². The first-order chi connectivity index (χ1) is 13.0. The molecule has 0 fully saturated rings. The lowest BCUT2D eigenvalue weighted by Crippen LogP contribution is -2.12. The number of aromatic nitrogens is 1. The van der Waals surface area contributed by atoms with E-state index in [9.17, 15) is 20.0 Å². The van der Waals surface area contributed by atoms with Crippen LogP contribution < -0.4 is 10.1 Å². The van der Waals surface area contributed by atoms with E-state index < -0.39 is 10.8 Å². The Kier molecular flexibility index (Phi) is 5.32. The zero-order valence-electron chi connectivity index (χ0n) is 14.2. The number of rotatable bonds is 6. The smallest absolute Gasteiger partial charge is 0.275 e. The van der Waals surface area contributed by atoms with Gasteiger partial charge in [0.25, 0.3) is 11.6 Å². The fourth-order valence-electron chi connectivity index (χ4n) is 2.34. The van der Waals surface area contributed by atoms with Gasteiger partial charge in [-0.3, -0.25) is 14.9 Å². The van der Waals surface area contributed by atoms with Gasteiger partial charge in [0.15, 0.2) is 0 Å². The third kappa shape index (κ3) is 4.39. The number of ether oxygens (including phenoxy) is 1. The van der Waals surface area contributed by atoms with Crippen LogP contribution in [0.5, 0.6) is 11.5 Å². The topological polar surface area (TPSA) is 115 Å². The second kappa shape index (κ2) is 7.83. The molecular formula is C18H15N3O5S. The summed E-state index contributed by atoms with van der Waals surface area (Å²) in [6.45, 7) is 0. The highest BCUT2D eigenvalue weighted by Gasteiger charge is 2.16. The molecule has 9 heteroatoms. The molecule has 138 valence electrons. The van der Waals surface area contributed by atoms with Gasteiger partial charge in [-0.1, -0.05) is 12.1 Å². The molecule has 3 aromatic rings. The number of carbonyl (C=O) groups is 1. The number of hydrogen-bond acceptors (Lipinski definition) is 7. The van der Waals surface area contributed by atoms with Crippen LogP contribution in [0, 0.1) is 10.1 Å². The maximum atomic E-state index is 12.3. The van der Waals surface area contributed by atoms with E-state index in [0.717, 1.165) is 34.5 Å². The second-order valence-electron chi connectivity index (χ2n) is 5.56. The minimum Gasteiger partial charge on any atom is -0.506 e. The Morgan fingerprint density at radius 1 is 1.30 bits per heavy atom. The number of nitrogens with one attached hydrogen (secondary N) is 1. The summed E-state index contributed by atoms with van der Waals surface area (Å²) < 4.78 is 5.12. The fourth-order valence-corrected chi connectivity index (χ4v) is 3.15. The molecule has 0 saturated carbocycles. The molecule has 0 radical (unpaired) electrons. The van der Waals surface area contributed by atoms with Crippen molar-refractivity contribution < 1.29 is 19.6 Å². The van der Waals surface area contributed by atoms with Gasteiger partial charge in [0.1, 0.15) is 17.2 Å². The molecule has 3 rings (SSSR count). The third-order valence-corrected chi connectivity index (χ3v) is 4.59. The van der Waals surface area contributed by atoms with Gasteiger partial charge in [0.2, 0.25) is 0 Å². The Morgan fingerprint density at radius 2 is 2.04 bits per heavy atom. The lowest BCUT2D eigenvalue weighted by molar-refractivity contribution is -0.384. The maximum Gasteiger partial charge on any atom is 0.275 e. The number of amides is 1. The summed E-state index contributed by atoms with van der Waals surface area (Å²) in [5.41, 5.74) is 0.920. The fraction of sp³-hybridized carbons (Fsp3) is 0.111. The number of nitro groups is 1. The predicted octanol–water partition coefficient (Wildman–Crippen LogP) is 3.61. The minimum atomic E-state index is -0.606. The highest BCUT2D eigenvalue weighted by atomic mass is 32.1. The molecule has 0 aliphatic heterocycles. The van der Waals surface area contributed by atoms with Gasteiger partial charge in [-0.05, 0) is 23.8 Å². The van der Waals surface area contributed by atoms with E-state index in [4.69, 9.17) is 4.74 Å². The first-order valence-corrected chi connectivity index (χ1v) is 8.70. The number of aromatic hydroxyl groups is 1. The van der Waals surface area contributed by atoms with Gasteiger partial charge >= 0.3 is 0 Å². The van der Waals surface area contributed by atoms with E-state index in [1.54, 1.807) is 12.5 Å². The molecule has 1 amide bonds. The van der Waals surface area contributed by atoms with E-state index >= 15 is 0 Å². The van der Waals surface area contributed by atoms with Gasteiger partial charge in [-0.15, -0.1) is 11.3 Å². The van der Waals surface area contributed by atoms with E-state index in [-0.39, 0.29) is 22.8 Å². The zero-order valence-corrected chi connectivity index (χ0v) is 15.0. The van der Waals surface area contributed by atoms with Crippen LogP contribution in [0.15, 0.2) is 47.8 Å². The van der Waals surface area contributed by atoms with Crippen LogP contribution in [0.3, 0.4) is 0 Å². The number of phenols is 1. The summed E-state index contributed by atoms with van der Waals surface area (Å²) in [6.07, 6.45) is 0.560. The van der Waals surface area contributed by atoms with Crippen LogP contribution in [-0.4, -0.2) is 28.0 Å². The van der Waals surface area contributed by atoms with Crippen LogP contribution in [-0.2, 0) is 6.42 Å². The van der Waals surface area contributed by atoms with Crippen molar-refractivity contribution in [3.05, 3.63) is 74.2 Å². The molecule has 0 saturated heterocycles. The molecule has 27 heavy (non-hydrogen) atoms. The van der Waals surface area contributed by atoms with Crippen molar-refractivity contribution in [1.82, 2.24) is 4.98 Å². The van der Waals surface area contributed by atoms with Crippen molar-refractivity contribution >= 4 is 28.6 Å². The summed E-state index contributed by atoms with van der Waals surface area (Å²) in [5.74, 6) is -0.0552. The molecule has 0 atom stereocenters. The number of carbonyl (C=O) groups excluding carboxylic acids is 1. The van der Waals surface area contributed by atoms with Crippen LogP contribution in [0.2, 0.25) is 0 Å². The van der Waals surface area contributed by atoms with E-state index in [1.807, 2.05) is 24.3 Å². The molecule has 0 aliphatic rings. The number of nitrogens with zero attached hydrogens (tertiary/aromatic N) is 2. The van der Waals surface area contributed by atoms with Crippen molar-refractivity contribution in [3.8, 4) is 11.5 Å². The molecule has 0 spiro atoms. The van der Waals surface area contributed by atoms with E-state index in [1.165, 1.54) is 11.3 Å². The number of benzene rings is 2. The van der Waals surface area contributed by atoms with Gasteiger partial charge in [0, 0.05) is 23.9 Å². The Bertz CT molecular complexity index is 985. The Balaban J connectivity index is 1.71. The second-order valence-corrected chi connectivity index (χ2v) is 6.51. The third-order valence-electron chi connectivity index (χ3n) is 3.74. The number of hydrogen-bond donors (Lipinski definition) is 2. The van der Waals surface area contributed by atoms with E-state index in [2.05, 4.69) is 10.3 Å². The molecule has 0 aliphatic carbocycles. The molecule has 1 heterocycles.